The molecule has 0 radical (unpaired) electrons. The van der Waals surface area contributed by atoms with E-state index in [0.29, 0.717) is 5.78 Å². The fraction of sp³-hybridized carbons (Fsp3) is 0.812. The van der Waals surface area contributed by atoms with Gasteiger partial charge in [-0.2, -0.15) is 0 Å². The van der Waals surface area contributed by atoms with Gasteiger partial charge >= 0.3 is 0 Å². The van der Waals surface area contributed by atoms with Gasteiger partial charge in [0.25, 0.3) is 0 Å². The molecule has 0 atom stereocenters. The van der Waals surface area contributed by atoms with Gasteiger partial charge in [0.15, 0.2) is 5.78 Å². The molecule has 2 aliphatic rings. The first-order chi connectivity index (χ1) is 8.27. The van der Waals surface area contributed by atoms with E-state index in [4.69, 9.17) is 0 Å². The van der Waals surface area contributed by atoms with Crippen LogP contribution in [0, 0.1) is 5.92 Å². The molecule has 1 saturated carbocycles. The molecular weight excluding hydrogens is 208 g/mol. The van der Waals surface area contributed by atoms with Gasteiger partial charge in [-0.05, 0) is 44.1 Å². The van der Waals surface area contributed by atoms with E-state index in [-0.39, 0.29) is 0 Å². The van der Waals surface area contributed by atoms with Gasteiger partial charge in [0.2, 0.25) is 0 Å². The third kappa shape index (κ3) is 3.69. The smallest absolute Gasteiger partial charge is 0.158 e. The summed E-state index contributed by atoms with van der Waals surface area (Å²) in [6.45, 7) is 2.16. The van der Waals surface area contributed by atoms with Gasteiger partial charge in [-0.3, -0.25) is 4.79 Å². The van der Waals surface area contributed by atoms with Crippen LogP contribution in [0.3, 0.4) is 0 Å². The number of hydrogen-bond acceptors (Lipinski definition) is 1. The van der Waals surface area contributed by atoms with Crippen molar-refractivity contribution in [3.05, 3.63) is 11.1 Å². The van der Waals surface area contributed by atoms with Crippen LogP contribution in [0.2, 0.25) is 0 Å². The Labute approximate surface area is 106 Å². The minimum atomic E-state index is 0.442. The minimum absolute atomic E-state index is 0.442. The van der Waals surface area contributed by atoms with Gasteiger partial charge in [0.05, 0.1) is 0 Å². The van der Waals surface area contributed by atoms with Crippen LogP contribution in [-0.4, -0.2) is 5.78 Å². The Bertz CT molecular complexity index is 295. The van der Waals surface area contributed by atoms with Crippen molar-refractivity contribution in [2.24, 2.45) is 5.92 Å². The fourth-order valence-electron chi connectivity index (χ4n) is 3.45. The molecule has 0 saturated heterocycles. The predicted octanol–water partition coefficient (Wildman–Crippen LogP) is 4.81. The van der Waals surface area contributed by atoms with Crippen molar-refractivity contribution < 1.29 is 4.79 Å². The molecule has 0 spiro atoms. The molecule has 1 heteroatoms. The second kappa shape index (κ2) is 6.37. The maximum absolute atomic E-state index is 11.8. The highest BCUT2D eigenvalue weighted by molar-refractivity contribution is 5.96. The van der Waals surface area contributed by atoms with Crippen LogP contribution in [0.15, 0.2) is 11.1 Å². The summed E-state index contributed by atoms with van der Waals surface area (Å²) in [6, 6.07) is 0. The van der Waals surface area contributed by atoms with E-state index in [2.05, 4.69) is 6.92 Å². The van der Waals surface area contributed by atoms with Crippen LogP contribution in [0.4, 0.5) is 0 Å². The third-order valence-corrected chi connectivity index (χ3v) is 4.57. The number of carbonyl (C=O) groups is 1. The Hall–Kier alpha value is -0.590. The highest BCUT2D eigenvalue weighted by Gasteiger charge is 2.18. The zero-order valence-corrected chi connectivity index (χ0v) is 11.3. The van der Waals surface area contributed by atoms with E-state index in [1.807, 2.05) is 0 Å². The number of hydrogen-bond donors (Lipinski definition) is 0. The summed E-state index contributed by atoms with van der Waals surface area (Å²) in [4.78, 5) is 11.8. The van der Waals surface area contributed by atoms with Crippen molar-refractivity contribution in [3.63, 3.8) is 0 Å². The second-order valence-corrected chi connectivity index (χ2v) is 5.93. The average Bonchev–Trinajstić information content (AvgIpc) is 2.34. The molecule has 2 rings (SSSR count). The molecule has 0 aromatic carbocycles. The first-order valence-corrected chi connectivity index (χ1v) is 7.49. The molecule has 0 bridgehead atoms. The van der Waals surface area contributed by atoms with E-state index in [1.54, 1.807) is 0 Å². The first kappa shape index (κ1) is 12.9. The first-order valence-electron chi connectivity index (χ1n) is 7.49. The average molecular weight is 234 g/mol. The SMILES string of the molecule is CC1=C(CCCC2CCCCC2)C(=O)CCC1. The maximum Gasteiger partial charge on any atom is 0.158 e. The summed E-state index contributed by atoms with van der Waals surface area (Å²) < 4.78 is 0. The molecule has 0 N–H and O–H groups in total. The van der Waals surface area contributed by atoms with Gasteiger partial charge in [-0.15, -0.1) is 0 Å². The normalized spacial score (nSPS) is 23.2. The van der Waals surface area contributed by atoms with Gasteiger partial charge < -0.3 is 0 Å². The van der Waals surface area contributed by atoms with Crippen molar-refractivity contribution in [1.29, 1.82) is 0 Å². The zero-order chi connectivity index (χ0) is 12.1. The molecule has 96 valence electrons. The van der Waals surface area contributed by atoms with E-state index in [9.17, 15) is 4.79 Å². The van der Waals surface area contributed by atoms with Gasteiger partial charge in [0.1, 0.15) is 0 Å². The summed E-state index contributed by atoms with van der Waals surface area (Å²) in [5.74, 6) is 1.40. The molecule has 0 amide bonds. The molecule has 2 aliphatic carbocycles. The second-order valence-electron chi connectivity index (χ2n) is 5.93. The topological polar surface area (TPSA) is 17.1 Å². The molecular formula is C16H26O. The quantitative estimate of drug-likeness (QED) is 0.682. The minimum Gasteiger partial charge on any atom is -0.295 e. The summed E-state index contributed by atoms with van der Waals surface area (Å²) in [5.41, 5.74) is 2.57. The van der Waals surface area contributed by atoms with Crippen LogP contribution in [0.5, 0.6) is 0 Å². The molecule has 1 fully saturated rings. The van der Waals surface area contributed by atoms with Gasteiger partial charge in [-0.1, -0.05) is 44.1 Å². The zero-order valence-electron chi connectivity index (χ0n) is 11.3. The lowest BCUT2D eigenvalue weighted by Crippen LogP contribution is -2.11. The number of allylic oxidation sites excluding steroid dienone is 2. The van der Waals surface area contributed by atoms with Crippen molar-refractivity contribution in [3.8, 4) is 0 Å². The number of ketones is 1. The maximum atomic E-state index is 11.8. The number of carbonyl (C=O) groups excluding carboxylic acids is 1. The van der Waals surface area contributed by atoms with Crippen LogP contribution < -0.4 is 0 Å². The van der Waals surface area contributed by atoms with Crippen LogP contribution in [0.25, 0.3) is 0 Å². The summed E-state index contributed by atoms with van der Waals surface area (Å²) in [7, 11) is 0. The fourth-order valence-corrected chi connectivity index (χ4v) is 3.45. The highest BCUT2D eigenvalue weighted by Crippen LogP contribution is 2.30. The lowest BCUT2D eigenvalue weighted by Gasteiger charge is -2.22. The third-order valence-electron chi connectivity index (χ3n) is 4.57. The Kier molecular flexibility index (Phi) is 4.82. The predicted molar refractivity (Wildman–Crippen MR) is 72.0 cm³/mol. The highest BCUT2D eigenvalue weighted by atomic mass is 16.1. The molecule has 1 nitrogen and oxygen atoms in total. The molecule has 0 aromatic heterocycles. The van der Waals surface area contributed by atoms with Gasteiger partial charge in [0, 0.05) is 6.42 Å². The summed E-state index contributed by atoms with van der Waals surface area (Å²) in [6.07, 6.45) is 13.9. The standard InChI is InChI=1S/C16H26O/c1-13-7-5-12-16(17)15(13)11-6-10-14-8-3-2-4-9-14/h14H,2-12H2,1H3. The van der Waals surface area contributed by atoms with E-state index >= 15 is 0 Å². The number of Topliss-reactive ketones (excluding diaryl/α,β-unsaturated/α-hetero) is 1. The van der Waals surface area contributed by atoms with Crippen LogP contribution in [-0.2, 0) is 4.79 Å². The van der Waals surface area contributed by atoms with Crippen molar-refractivity contribution in [2.45, 2.75) is 77.6 Å². The molecule has 17 heavy (non-hydrogen) atoms. The molecule has 0 unspecified atom stereocenters. The van der Waals surface area contributed by atoms with Crippen molar-refractivity contribution >= 4 is 5.78 Å². The monoisotopic (exact) mass is 234 g/mol. The number of rotatable bonds is 4. The Balaban J connectivity index is 1.75. The van der Waals surface area contributed by atoms with E-state index in [1.165, 1.54) is 56.1 Å². The van der Waals surface area contributed by atoms with E-state index in [0.717, 1.165) is 31.6 Å². The largest absolute Gasteiger partial charge is 0.295 e. The molecule has 0 heterocycles. The van der Waals surface area contributed by atoms with Crippen molar-refractivity contribution in [2.75, 3.05) is 0 Å². The molecule has 0 aliphatic heterocycles. The Morgan fingerprint density at radius 1 is 1.06 bits per heavy atom. The lowest BCUT2D eigenvalue weighted by atomic mass is 9.83. The van der Waals surface area contributed by atoms with Crippen molar-refractivity contribution in [1.82, 2.24) is 0 Å². The lowest BCUT2D eigenvalue weighted by molar-refractivity contribution is -0.116. The summed E-state index contributed by atoms with van der Waals surface area (Å²) in [5, 5.41) is 0. The summed E-state index contributed by atoms with van der Waals surface area (Å²) >= 11 is 0. The van der Waals surface area contributed by atoms with Crippen LogP contribution >= 0.6 is 0 Å². The Morgan fingerprint density at radius 2 is 1.82 bits per heavy atom. The van der Waals surface area contributed by atoms with Crippen LogP contribution in [0.1, 0.15) is 77.6 Å². The Morgan fingerprint density at radius 3 is 2.53 bits per heavy atom. The van der Waals surface area contributed by atoms with E-state index < -0.39 is 0 Å². The van der Waals surface area contributed by atoms with Gasteiger partial charge in [-0.25, -0.2) is 0 Å². The molecule has 0 aromatic rings.